The van der Waals surface area contributed by atoms with Gasteiger partial charge in [-0.15, -0.1) is 0 Å². The number of para-hydroxylation sites is 1. The highest BCUT2D eigenvalue weighted by Gasteiger charge is 2.32. The Morgan fingerprint density at radius 3 is 2.53 bits per heavy atom. The third-order valence-electron chi connectivity index (χ3n) is 4.59. The molecule has 1 atom stereocenters. The van der Waals surface area contributed by atoms with Gasteiger partial charge in [-0.3, -0.25) is 0 Å². The molecule has 1 aromatic heterocycles. The number of fused-ring (bicyclic) bond motifs is 1. The Labute approximate surface area is 172 Å². The summed E-state index contributed by atoms with van der Waals surface area (Å²) < 4.78 is 39.2. The van der Waals surface area contributed by atoms with Crippen LogP contribution in [0, 0.1) is 6.92 Å². The number of imidazole rings is 1. The lowest BCUT2D eigenvalue weighted by molar-refractivity contribution is -0.137. The number of nitrogens with one attached hydrogen (secondary N) is 4. The number of amides is 2. The molecule has 0 spiro atoms. The lowest BCUT2D eigenvalue weighted by Gasteiger charge is -2.27. The molecule has 3 aromatic rings. The summed E-state index contributed by atoms with van der Waals surface area (Å²) in [5.74, 6) is 0.366. The summed E-state index contributed by atoms with van der Waals surface area (Å²) in [5, 5.41) is 8.48. The maximum absolute atomic E-state index is 13.1. The summed E-state index contributed by atoms with van der Waals surface area (Å²) in [6.07, 6.45) is -4.43. The molecule has 0 fully saturated rings. The molecule has 0 saturated heterocycles. The van der Waals surface area contributed by atoms with Crippen molar-refractivity contribution in [1.29, 1.82) is 0 Å². The van der Waals surface area contributed by atoms with Crippen molar-refractivity contribution in [3.8, 4) is 0 Å². The Morgan fingerprint density at radius 1 is 1.13 bits per heavy atom. The van der Waals surface area contributed by atoms with E-state index in [4.69, 9.17) is 0 Å². The maximum atomic E-state index is 13.1. The average Bonchev–Trinajstić information content (AvgIpc) is 3.08. The van der Waals surface area contributed by atoms with Crippen molar-refractivity contribution in [1.82, 2.24) is 20.6 Å². The number of alkyl halides is 3. The standard InChI is InChI=1S/C21H23F3N5O/c1-4-25-19(30)26-12-13-7-5-10-16-17(13)28-18(27-16)29-20(2,3)14-8-6-9-15(11-14)21(22,23)24/h5-11H,2,4,12H2,1,3H3,(H2,25,26,30)(H2,27,28,29). The predicted octanol–water partition coefficient (Wildman–Crippen LogP) is 4.56. The Bertz CT molecular complexity index is 1040. The second-order valence-electron chi connectivity index (χ2n) is 7.15. The van der Waals surface area contributed by atoms with E-state index in [1.165, 1.54) is 6.07 Å². The van der Waals surface area contributed by atoms with Crippen LogP contribution in [0.3, 0.4) is 0 Å². The van der Waals surface area contributed by atoms with Crippen LogP contribution in [0.2, 0.25) is 0 Å². The number of aromatic nitrogens is 2. The van der Waals surface area contributed by atoms with Crippen LogP contribution in [0.4, 0.5) is 23.9 Å². The monoisotopic (exact) mass is 418 g/mol. The minimum Gasteiger partial charge on any atom is -0.347 e. The number of benzene rings is 2. The highest BCUT2D eigenvalue weighted by Crippen LogP contribution is 2.33. The van der Waals surface area contributed by atoms with E-state index in [2.05, 4.69) is 32.8 Å². The largest absolute Gasteiger partial charge is 0.416 e. The molecule has 3 rings (SSSR count). The van der Waals surface area contributed by atoms with Gasteiger partial charge in [0.25, 0.3) is 0 Å². The van der Waals surface area contributed by atoms with Gasteiger partial charge in [0.15, 0.2) is 0 Å². The lowest BCUT2D eigenvalue weighted by Crippen LogP contribution is -2.34. The molecular weight excluding hydrogens is 395 g/mol. The molecule has 159 valence electrons. The Balaban J connectivity index is 1.83. The molecule has 0 saturated carbocycles. The Hall–Kier alpha value is -3.23. The van der Waals surface area contributed by atoms with E-state index in [-0.39, 0.29) is 12.6 Å². The van der Waals surface area contributed by atoms with Crippen molar-refractivity contribution in [2.45, 2.75) is 32.1 Å². The molecule has 30 heavy (non-hydrogen) atoms. The summed E-state index contributed by atoms with van der Waals surface area (Å²) >= 11 is 0. The third-order valence-corrected chi connectivity index (χ3v) is 4.59. The second kappa shape index (κ2) is 8.25. The van der Waals surface area contributed by atoms with E-state index >= 15 is 0 Å². The first kappa shape index (κ1) is 21.5. The Kier molecular flexibility index (Phi) is 5.91. The van der Waals surface area contributed by atoms with E-state index in [0.717, 1.165) is 23.2 Å². The van der Waals surface area contributed by atoms with Gasteiger partial charge in [-0.2, -0.15) is 13.2 Å². The molecule has 6 nitrogen and oxygen atoms in total. The zero-order valence-electron chi connectivity index (χ0n) is 16.7. The zero-order valence-corrected chi connectivity index (χ0v) is 16.7. The van der Waals surface area contributed by atoms with Gasteiger partial charge in [-0.1, -0.05) is 24.3 Å². The van der Waals surface area contributed by atoms with Gasteiger partial charge < -0.3 is 20.9 Å². The van der Waals surface area contributed by atoms with Crippen LogP contribution in [0.25, 0.3) is 11.0 Å². The number of urea groups is 1. The van der Waals surface area contributed by atoms with Gasteiger partial charge in [-0.25, -0.2) is 9.78 Å². The van der Waals surface area contributed by atoms with Gasteiger partial charge in [0, 0.05) is 13.1 Å². The van der Waals surface area contributed by atoms with Crippen molar-refractivity contribution in [2.24, 2.45) is 0 Å². The zero-order chi connectivity index (χ0) is 21.9. The minimum atomic E-state index is -4.43. The molecule has 0 aliphatic heterocycles. The molecule has 0 aliphatic carbocycles. The van der Waals surface area contributed by atoms with Crippen molar-refractivity contribution < 1.29 is 18.0 Å². The van der Waals surface area contributed by atoms with Gasteiger partial charge >= 0.3 is 12.2 Å². The summed E-state index contributed by atoms with van der Waals surface area (Å²) in [6.45, 7) is 8.33. The van der Waals surface area contributed by atoms with Crippen molar-refractivity contribution in [2.75, 3.05) is 11.9 Å². The number of rotatable bonds is 6. The quantitative estimate of drug-likeness (QED) is 0.474. The third kappa shape index (κ3) is 4.84. The molecular formula is C21H23F3N5O. The minimum absolute atomic E-state index is 0.279. The normalized spacial score (nSPS) is 12.1. The molecule has 1 unspecified atom stereocenters. The van der Waals surface area contributed by atoms with Crippen LogP contribution in [0.5, 0.6) is 0 Å². The van der Waals surface area contributed by atoms with Gasteiger partial charge in [0.2, 0.25) is 5.95 Å². The maximum Gasteiger partial charge on any atom is 0.416 e. The molecule has 9 heteroatoms. The number of carbonyl (C=O) groups is 1. The highest BCUT2D eigenvalue weighted by atomic mass is 19.4. The van der Waals surface area contributed by atoms with E-state index < -0.39 is 17.3 Å². The summed E-state index contributed by atoms with van der Waals surface area (Å²) in [4.78, 5) is 19.3. The average molecular weight is 418 g/mol. The SMILES string of the molecule is [CH2]C(C)(Nc1nc2c(CNC(=O)NCC)cccc2[nH]1)c1cccc(C(F)(F)F)c1. The highest BCUT2D eigenvalue weighted by molar-refractivity contribution is 5.82. The Morgan fingerprint density at radius 2 is 1.83 bits per heavy atom. The molecule has 2 aromatic carbocycles. The van der Waals surface area contributed by atoms with Gasteiger partial charge in [-0.05, 0) is 50.1 Å². The molecule has 1 heterocycles. The fraction of sp³-hybridized carbons (Fsp3) is 0.286. The number of hydrogen-bond donors (Lipinski definition) is 4. The summed E-state index contributed by atoms with van der Waals surface area (Å²) in [6, 6.07) is 10.3. The lowest BCUT2D eigenvalue weighted by atomic mass is 9.93. The smallest absolute Gasteiger partial charge is 0.347 e. The number of anilines is 1. The number of halogens is 3. The molecule has 0 bridgehead atoms. The first-order valence-electron chi connectivity index (χ1n) is 9.40. The number of hydrogen-bond acceptors (Lipinski definition) is 3. The van der Waals surface area contributed by atoms with Crippen LogP contribution in [0.1, 0.15) is 30.5 Å². The van der Waals surface area contributed by atoms with Crippen molar-refractivity contribution >= 4 is 23.0 Å². The van der Waals surface area contributed by atoms with E-state index in [1.807, 2.05) is 25.1 Å². The topological polar surface area (TPSA) is 81.8 Å². The van der Waals surface area contributed by atoms with E-state index in [1.54, 1.807) is 13.0 Å². The first-order valence-corrected chi connectivity index (χ1v) is 9.40. The van der Waals surface area contributed by atoms with Crippen LogP contribution in [-0.2, 0) is 18.3 Å². The van der Waals surface area contributed by atoms with Gasteiger partial charge in [0.1, 0.15) is 0 Å². The molecule has 4 N–H and O–H groups in total. The fourth-order valence-corrected chi connectivity index (χ4v) is 3.06. The molecule has 1 radical (unpaired) electrons. The van der Waals surface area contributed by atoms with Crippen LogP contribution in [0.15, 0.2) is 42.5 Å². The fourth-order valence-electron chi connectivity index (χ4n) is 3.06. The number of H-pyrrole nitrogens is 1. The number of nitrogens with zero attached hydrogens (tertiary/aromatic N) is 1. The van der Waals surface area contributed by atoms with Crippen LogP contribution in [-0.4, -0.2) is 22.5 Å². The summed E-state index contributed by atoms with van der Waals surface area (Å²) in [7, 11) is 0. The number of carbonyl (C=O) groups excluding carboxylic acids is 1. The predicted molar refractivity (Wildman–Crippen MR) is 110 cm³/mol. The second-order valence-corrected chi connectivity index (χ2v) is 7.15. The van der Waals surface area contributed by atoms with E-state index in [9.17, 15) is 18.0 Å². The van der Waals surface area contributed by atoms with E-state index in [0.29, 0.717) is 23.6 Å². The first-order chi connectivity index (χ1) is 14.1. The molecule has 2 amide bonds. The summed E-state index contributed by atoms with van der Waals surface area (Å²) in [5.41, 5.74) is 0.752. The van der Waals surface area contributed by atoms with Crippen LogP contribution < -0.4 is 16.0 Å². The van der Waals surface area contributed by atoms with Crippen LogP contribution >= 0.6 is 0 Å². The molecule has 0 aliphatic rings. The van der Waals surface area contributed by atoms with Crippen molar-refractivity contribution in [3.63, 3.8) is 0 Å². The van der Waals surface area contributed by atoms with Crippen molar-refractivity contribution in [3.05, 3.63) is 66.1 Å². The number of aromatic amines is 1. The van der Waals surface area contributed by atoms with Gasteiger partial charge in [0.05, 0.1) is 22.1 Å².